The number of nitrogens with zero attached hydrogens (tertiary/aromatic N) is 1. The van der Waals surface area contributed by atoms with Crippen molar-refractivity contribution >= 4 is 11.8 Å². The molecule has 2 rings (SSSR count). The van der Waals surface area contributed by atoms with Crippen LogP contribution in [0.15, 0.2) is 40.0 Å². The van der Waals surface area contributed by atoms with Gasteiger partial charge < -0.3 is 0 Å². The molecular formula is C9H9N3OS. The number of thioether (sulfide) groups is 1. The molecule has 14 heavy (non-hydrogen) atoms. The molecule has 0 fully saturated rings. The highest BCUT2D eigenvalue weighted by Crippen LogP contribution is 2.19. The molecule has 5 heteroatoms. The lowest BCUT2D eigenvalue weighted by Crippen LogP contribution is -2.00. The van der Waals surface area contributed by atoms with Gasteiger partial charge in [0, 0.05) is 4.90 Å². The number of hydrogen-bond donors (Lipinski definition) is 2. The van der Waals surface area contributed by atoms with Crippen LogP contribution in [-0.2, 0) is 5.75 Å². The second-order valence-electron chi connectivity index (χ2n) is 2.73. The van der Waals surface area contributed by atoms with Crippen molar-refractivity contribution < 1.29 is 0 Å². The van der Waals surface area contributed by atoms with Gasteiger partial charge in [-0.15, -0.1) is 11.8 Å². The molecular weight excluding hydrogens is 198 g/mol. The van der Waals surface area contributed by atoms with Crippen molar-refractivity contribution in [3.63, 3.8) is 0 Å². The molecule has 0 radical (unpaired) electrons. The molecule has 1 heterocycles. The molecule has 0 unspecified atom stereocenters. The molecule has 1 aromatic carbocycles. The van der Waals surface area contributed by atoms with E-state index in [0.29, 0.717) is 11.6 Å². The normalized spacial score (nSPS) is 10.3. The fourth-order valence-corrected chi connectivity index (χ4v) is 1.83. The minimum Gasteiger partial charge on any atom is -0.292 e. The summed E-state index contributed by atoms with van der Waals surface area (Å²) in [6.45, 7) is 0. The van der Waals surface area contributed by atoms with E-state index in [4.69, 9.17) is 0 Å². The van der Waals surface area contributed by atoms with Gasteiger partial charge in [0.1, 0.15) is 5.82 Å². The quantitative estimate of drug-likeness (QED) is 0.748. The first-order valence-corrected chi connectivity index (χ1v) is 5.14. The molecule has 1 aromatic heterocycles. The summed E-state index contributed by atoms with van der Waals surface area (Å²) in [5.74, 6) is 1.34. The molecule has 0 saturated carbocycles. The van der Waals surface area contributed by atoms with Crippen molar-refractivity contribution in [1.29, 1.82) is 0 Å². The summed E-state index contributed by atoms with van der Waals surface area (Å²) in [7, 11) is 0. The van der Waals surface area contributed by atoms with Crippen molar-refractivity contribution in [2.75, 3.05) is 0 Å². The lowest BCUT2D eigenvalue weighted by Gasteiger charge is -1.96. The first-order valence-electron chi connectivity index (χ1n) is 4.16. The van der Waals surface area contributed by atoms with Crippen LogP contribution in [0.5, 0.6) is 0 Å². The molecule has 72 valence electrons. The average molecular weight is 207 g/mol. The molecule has 0 spiro atoms. The van der Waals surface area contributed by atoms with Gasteiger partial charge in [0.25, 0.3) is 0 Å². The third kappa shape index (κ3) is 2.26. The van der Waals surface area contributed by atoms with Crippen molar-refractivity contribution in [3.05, 3.63) is 46.6 Å². The standard InChI is InChI=1S/C9H9N3OS/c13-9-10-8(11-12-9)6-14-7-4-2-1-3-5-7/h1-5H,6H2,(H2,10,11,12,13). The van der Waals surface area contributed by atoms with E-state index in [1.165, 1.54) is 0 Å². The number of rotatable bonds is 3. The first-order chi connectivity index (χ1) is 6.84. The Labute approximate surface area is 84.8 Å². The van der Waals surface area contributed by atoms with E-state index >= 15 is 0 Å². The topological polar surface area (TPSA) is 61.5 Å². The second-order valence-corrected chi connectivity index (χ2v) is 3.77. The van der Waals surface area contributed by atoms with Crippen LogP contribution in [0.4, 0.5) is 0 Å². The van der Waals surface area contributed by atoms with Crippen LogP contribution in [0.2, 0.25) is 0 Å². The summed E-state index contributed by atoms with van der Waals surface area (Å²) in [5.41, 5.74) is -0.256. The van der Waals surface area contributed by atoms with Crippen molar-refractivity contribution in [3.8, 4) is 0 Å². The fraction of sp³-hybridized carbons (Fsp3) is 0.111. The van der Waals surface area contributed by atoms with Crippen LogP contribution in [0, 0.1) is 0 Å². The van der Waals surface area contributed by atoms with Gasteiger partial charge in [-0.3, -0.25) is 4.98 Å². The number of benzene rings is 1. The lowest BCUT2D eigenvalue weighted by atomic mass is 10.4. The maximum atomic E-state index is 10.7. The third-order valence-electron chi connectivity index (χ3n) is 1.67. The minimum atomic E-state index is -0.256. The first kappa shape index (κ1) is 9.08. The molecule has 0 aliphatic heterocycles. The Kier molecular flexibility index (Phi) is 2.69. The van der Waals surface area contributed by atoms with Crippen LogP contribution in [-0.4, -0.2) is 15.2 Å². The van der Waals surface area contributed by atoms with E-state index in [1.54, 1.807) is 11.8 Å². The SMILES string of the molecule is O=c1[nH]nc(CSc2ccccc2)[nH]1. The molecule has 0 amide bonds. The molecule has 0 aliphatic carbocycles. The molecule has 0 aliphatic rings. The highest BCUT2D eigenvalue weighted by atomic mass is 32.2. The Morgan fingerprint density at radius 3 is 2.71 bits per heavy atom. The molecule has 2 aromatic rings. The Balaban J connectivity index is 1.98. The minimum absolute atomic E-state index is 0.256. The zero-order valence-corrected chi connectivity index (χ0v) is 8.17. The Morgan fingerprint density at radius 1 is 1.29 bits per heavy atom. The summed E-state index contributed by atoms with van der Waals surface area (Å²) in [6.07, 6.45) is 0. The number of aromatic amines is 2. The molecule has 4 nitrogen and oxygen atoms in total. The van der Waals surface area contributed by atoms with Gasteiger partial charge in [0.2, 0.25) is 0 Å². The Hall–Kier alpha value is -1.49. The summed E-state index contributed by atoms with van der Waals surface area (Å²) >= 11 is 1.63. The van der Waals surface area contributed by atoms with E-state index in [1.807, 2.05) is 30.3 Å². The van der Waals surface area contributed by atoms with E-state index in [9.17, 15) is 4.79 Å². The van der Waals surface area contributed by atoms with Gasteiger partial charge in [0.05, 0.1) is 5.75 Å². The zero-order chi connectivity index (χ0) is 9.80. The predicted octanol–water partition coefficient (Wildman–Crippen LogP) is 1.39. The maximum Gasteiger partial charge on any atom is 0.340 e. The Bertz CT molecular complexity index is 448. The molecule has 2 N–H and O–H groups in total. The summed E-state index contributed by atoms with van der Waals surface area (Å²) in [5, 5.41) is 6.15. The second kappa shape index (κ2) is 4.15. The number of nitrogens with one attached hydrogen (secondary N) is 2. The zero-order valence-electron chi connectivity index (χ0n) is 7.36. The average Bonchev–Trinajstić information content (AvgIpc) is 2.63. The van der Waals surface area contributed by atoms with Crippen LogP contribution in [0.25, 0.3) is 0 Å². The monoisotopic (exact) mass is 207 g/mol. The van der Waals surface area contributed by atoms with Crippen LogP contribution < -0.4 is 5.69 Å². The molecule has 0 saturated heterocycles. The van der Waals surface area contributed by atoms with Gasteiger partial charge in [0.15, 0.2) is 0 Å². The molecule has 0 bridgehead atoms. The van der Waals surface area contributed by atoms with Crippen LogP contribution in [0.1, 0.15) is 5.82 Å². The van der Waals surface area contributed by atoms with Crippen LogP contribution >= 0.6 is 11.8 Å². The van der Waals surface area contributed by atoms with E-state index in [0.717, 1.165) is 4.90 Å². The number of aromatic nitrogens is 3. The smallest absolute Gasteiger partial charge is 0.292 e. The van der Waals surface area contributed by atoms with Gasteiger partial charge >= 0.3 is 5.69 Å². The molecule has 0 atom stereocenters. The van der Waals surface area contributed by atoms with Crippen molar-refractivity contribution in [2.45, 2.75) is 10.6 Å². The van der Waals surface area contributed by atoms with Crippen LogP contribution in [0.3, 0.4) is 0 Å². The van der Waals surface area contributed by atoms with E-state index in [2.05, 4.69) is 15.2 Å². The summed E-state index contributed by atoms with van der Waals surface area (Å²) in [4.78, 5) is 14.5. The number of hydrogen-bond acceptors (Lipinski definition) is 3. The highest BCUT2D eigenvalue weighted by Gasteiger charge is 1.98. The van der Waals surface area contributed by atoms with Gasteiger partial charge in [-0.1, -0.05) is 18.2 Å². The predicted molar refractivity (Wildman–Crippen MR) is 55.2 cm³/mol. The van der Waals surface area contributed by atoms with Gasteiger partial charge in [-0.25, -0.2) is 9.89 Å². The Morgan fingerprint density at radius 2 is 2.07 bits per heavy atom. The van der Waals surface area contributed by atoms with E-state index < -0.39 is 0 Å². The van der Waals surface area contributed by atoms with E-state index in [-0.39, 0.29) is 5.69 Å². The largest absolute Gasteiger partial charge is 0.340 e. The maximum absolute atomic E-state index is 10.7. The van der Waals surface area contributed by atoms with Gasteiger partial charge in [-0.05, 0) is 12.1 Å². The highest BCUT2D eigenvalue weighted by molar-refractivity contribution is 7.98. The third-order valence-corrected chi connectivity index (χ3v) is 2.69. The van der Waals surface area contributed by atoms with Gasteiger partial charge in [-0.2, -0.15) is 5.10 Å². The summed E-state index contributed by atoms with van der Waals surface area (Å²) in [6, 6.07) is 9.98. The summed E-state index contributed by atoms with van der Waals surface area (Å²) < 4.78 is 0. The van der Waals surface area contributed by atoms with Crippen molar-refractivity contribution in [2.24, 2.45) is 0 Å². The van der Waals surface area contributed by atoms with Crippen molar-refractivity contribution in [1.82, 2.24) is 15.2 Å². The number of H-pyrrole nitrogens is 2. The fourth-order valence-electron chi connectivity index (χ4n) is 1.04. The lowest BCUT2D eigenvalue weighted by molar-refractivity contribution is 1.01.